The van der Waals surface area contributed by atoms with Gasteiger partial charge in [0.15, 0.2) is 0 Å². The molecule has 2 aromatic carbocycles. The summed E-state index contributed by atoms with van der Waals surface area (Å²) in [4.78, 5) is 16.4. The quantitative estimate of drug-likeness (QED) is 0.607. The molecule has 3 rings (SSSR count). The Morgan fingerprint density at radius 3 is 2.55 bits per heavy atom. The molecule has 0 atom stereocenters. The molecule has 150 valence electrons. The summed E-state index contributed by atoms with van der Waals surface area (Å²) in [7, 11) is 0. The number of carbonyl (C=O) groups excluding carboxylic acids is 1. The molecule has 0 fully saturated rings. The standard InChI is InChI=1S/C21H18F3N3O2/c1-14(2)11-26-20(28)19-12-25-13-27(19)17-7-3-5-15(9-17)16-6-4-8-18(10-16)29-21(22,23)24/h3-10,12-13H,1,11H2,2H3,(H,26,28). The zero-order chi connectivity index (χ0) is 21.0. The van der Waals surface area contributed by atoms with E-state index in [2.05, 4.69) is 21.6 Å². The third-order valence-corrected chi connectivity index (χ3v) is 3.95. The molecule has 0 saturated heterocycles. The van der Waals surface area contributed by atoms with Gasteiger partial charge < -0.3 is 10.1 Å². The minimum absolute atomic E-state index is 0.303. The molecule has 0 saturated carbocycles. The van der Waals surface area contributed by atoms with Crippen LogP contribution in [0.3, 0.4) is 0 Å². The first-order chi connectivity index (χ1) is 13.7. The van der Waals surface area contributed by atoms with E-state index >= 15 is 0 Å². The Hall–Kier alpha value is -3.55. The normalized spacial score (nSPS) is 11.2. The van der Waals surface area contributed by atoms with E-state index in [0.717, 1.165) is 5.57 Å². The first-order valence-corrected chi connectivity index (χ1v) is 8.64. The number of benzene rings is 2. The van der Waals surface area contributed by atoms with Crippen molar-refractivity contribution in [2.75, 3.05) is 6.54 Å². The zero-order valence-electron chi connectivity index (χ0n) is 15.5. The fourth-order valence-corrected chi connectivity index (χ4v) is 2.70. The van der Waals surface area contributed by atoms with Crippen LogP contribution in [0.1, 0.15) is 17.4 Å². The van der Waals surface area contributed by atoms with Gasteiger partial charge in [0.05, 0.1) is 12.5 Å². The SMILES string of the molecule is C=C(C)CNC(=O)c1cncn1-c1cccc(-c2cccc(OC(F)(F)F)c2)c1. The Morgan fingerprint density at radius 1 is 1.17 bits per heavy atom. The van der Waals surface area contributed by atoms with Crippen molar-refractivity contribution in [3.05, 3.63) is 78.9 Å². The third-order valence-electron chi connectivity index (χ3n) is 3.95. The molecule has 1 N–H and O–H groups in total. The van der Waals surface area contributed by atoms with Gasteiger partial charge in [0, 0.05) is 12.2 Å². The average Bonchev–Trinajstić information content (AvgIpc) is 3.15. The fourth-order valence-electron chi connectivity index (χ4n) is 2.70. The summed E-state index contributed by atoms with van der Waals surface area (Å²) in [6.07, 6.45) is -1.82. The number of nitrogens with zero attached hydrogens (tertiary/aromatic N) is 2. The van der Waals surface area contributed by atoms with Crippen LogP contribution < -0.4 is 10.1 Å². The van der Waals surface area contributed by atoms with Crippen LogP contribution in [-0.2, 0) is 0 Å². The summed E-state index contributed by atoms with van der Waals surface area (Å²) >= 11 is 0. The average molecular weight is 401 g/mol. The van der Waals surface area contributed by atoms with Gasteiger partial charge in [-0.15, -0.1) is 13.2 Å². The number of ether oxygens (including phenoxy) is 1. The van der Waals surface area contributed by atoms with Gasteiger partial charge >= 0.3 is 6.36 Å². The lowest BCUT2D eigenvalue weighted by Gasteiger charge is -2.12. The number of nitrogens with one attached hydrogen (secondary N) is 1. The number of carbonyl (C=O) groups is 1. The number of amides is 1. The van der Waals surface area contributed by atoms with E-state index in [4.69, 9.17) is 0 Å². The van der Waals surface area contributed by atoms with Crippen molar-refractivity contribution >= 4 is 5.91 Å². The number of hydrogen-bond donors (Lipinski definition) is 1. The minimum Gasteiger partial charge on any atom is -0.406 e. The van der Waals surface area contributed by atoms with Gasteiger partial charge in [0.1, 0.15) is 11.4 Å². The van der Waals surface area contributed by atoms with Crippen LogP contribution in [0.4, 0.5) is 13.2 Å². The Balaban J connectivity index is 1.90. The maximum Gasteiger partial charge on any atom is 0.573 e. The highest BCUT2D eigenvalue weighted by Gasteiger charge is 2.31. The molecule has 0 aliphatic rings. The predicted octanol–water partition coefficient (Wildman–Crippen LogP) is 4.74. The second kappa shape index (κ2) is 8.22. The van der Waals surface area contributed by atoms with Crippen LogP contribution in [0.15, 0.2) is 73.2 Å². The second-order valence-electron chi connectivity index (χ2n) is 6.41. The third kappa shape index (κ3) is 5.25. The van der Waals surface area contributed by atoms with Crippen LogP contribution >= 0.6 is 0 Å². The van der Waals surface area contributed by atoms with Crippen molar-refractivity contribution in [2.24, 2.45) is 0 Å². The lowest BCUT2D eigenvalue weighted by atomic mass is 10.0. The lowest BCUT2D eigenvalue weighted by Crippen LogP contribution is -2.26. The monoisotopic (exact) mass is 401 g/mol. The van der Waals surface area contributed by atoms with E-state index in [1.54, 1.807) is 41.8 Å². The van der Waals surface area contributed by atoms with Crippen molar-refractivity contribution in [1.29, 1.82) is 0 Å². The van der Waals surface area contributed by atoms with E-state index in [9.17, 15) is 18.0 Å². The first-order valence-electron chi connectivity index (χ1n) is 8.64. The molecule has 5 nitrogen and oxygen atoms in total. The minimum atomic E-state index is -4.76. The van der Waals surface area contributed by atoms with E-state index < -0.39 is 6.36 Å². The number of imidazole rings is 1. The molecule has 29 heavy (non-hydrogen) atoms. The Kier molecular flexibility index (Phi) is 5.72. The Bertz CT molecular complexity index is 1040. The largest absolute Gasteiger partial charge is 0.573 e. The number of rotatable bonds is 6. The fraction of sp³-hybridized carbons (Fsp3) is 0.143. The molecule has 0 spiro atoms. The number of aromatic nitrogens is 2. The molecule has 8 heteroatoms. The molecule has 1 amide bonds. The summed E-state index contributed by atoms with van der Waals surface area (Å²) in [5.41, 5.74) is 2.99. The maximum absolute atomic E-state index is 12.5. The van der Waals surface area contributed by atoms with Gasteiger partial charge in [0.25, 0.3) is 5.91 Å². The highest BCUT2D eigenvalue weighted by Crippen LogP contribution is 2.29. The molecule has 1 aromatic heterocycles. The van der Waals surface area contributed by atoms with Crippen LogP contribution in [0, 0.1) is 0 Å². The van der Waals surface area contributed by atoms with Gasteiger partial charge in [0.2, 0.25) is 0 Å². The van der Waals surface area contributed by atoms with Crippen LogP contribution in [0.5, 0.6) is 5.75 Å². The van der Waals surface area contributed by atoms with Gasteiger partial charge in [-0.3, -0.25) is 9.36 Å². The molecule has 0 radical (unpaired) electrons. The summed E-state index contributed by atoms with van der Waals surface area (Å²) < 4.78 is 43.0. The lowest BCUT2D eigenvalue weighted by molar-refractivity contribution is -0.274. The molecule has 0 unspecified atom stereocenters. The molecule has 0 aliphatic heterocycles. The second-order valence-corrected chi connectivity index (χ2v) is 6.41. The van der Waals surface area contributed by atoms with E-state index in [1.165, 1.54) is 30.7 Å². The molecular formula is C21H18F3N3O2. The topological polar surface area (TPSA) is 56.2 Å². The molecule has 0 bridgehead atoms. The summed E-state index contributed by atoms with van der Waals surface area (Å²) in [6, 6.07) is 12.7. The van der Waals surface area contributed by atoms with Crippen molar-refractivity contribution in [3.8, 4) is 22.6 Å². The number of hydrogen-bond acceptors (Lipinski definition) is 3. The van der Waals surface area contributed by atoms with E-state index in [0.29, 0.717) is 29.1 Å². The molecule has 3 aromatic rings. The molecule has 1 heterocycles. The van der Waals surface area contributed by atoms with Gasteiger partial charge in [-0.1, -0.05) is 36.4 Å². The highest BCUT2D eigenvalue weighted by atomic mass is 19.4. The van der Waals surface area contributed by atoms with E-state index in [1.807, 2.05) is 0 Å². The van der Waals surface area contributed by atoms with Gasteiger partial charge in [-0.2, -0.15) is 0 Å². The zero-order valence-corrected chi connectivity index (χ0v) is 15.5. The first kappa shape index (κ1) is 20.2. The van der Waals surface area contributed by atoms with Crippen LogP contribution in [0.2, 0.25) is 0 Å². The predicted molar refractivity (Wildman–Crippen MR) is 103 cm³/mol. The highest BCUT2D eigenvalue weighted by molar-refractivity contribution is 5.93. The summed E-state index contributed by atoms with van der Waals surface area (Å²) in [5.74, 6) is -0.612. The molecular weight excluding hydrogens is 383 g/mol. The van der Waals surface area contributed by atoms with Crippen molar-refractivity contribution in [1.82, 2.24) is 14.9 Å². The summed E-state index contributed by atoms with van der Waals surface area (Å²) in [5, 5.41) is 2.75. The van der Waals surface area contributed by atoms with Crippen LogP contribution in [-0.4, -0.2) is 28.4 Å². The Morgan fingerprint density at radius 2 is 1.86 bits per heavy atom. The molecule has 0 aliphatic carbocycles. The van der Waals surface area contributed by atoms with E-state index in [-0.39, 0.29) is 11.7 Å². The van der Waals surface area contributed by atoms with Crippen molar-refractivity contribution < 1.29 is 22.7 Å². The summed E-state index contributed by atoms with van der Waals surface area (Å²) in [6.45, 7) is 5.89. The maximum atomic E-state index is 12.5. The smallest absolute Gasteiger partial charge is 0.406 e. The van der Waals surface area contributed by atoms with Gasteiger partial charge in [-0.05, 0) is 42.3 Å². The van der Waals surface area contributed by atoms with Crippen molar-refractivity contribution in [3.63, 3.8) is 0 Å². The van der Waals surface area contributed by atoms with Gasteiger partial charge in [-0.25, -0.2) is 4.98 Å². The Labute approximate surface area is 165 Å². The number of halogens is 3. The van der Waals surface area contributed by atoms with Crippen LogP contribution in [0.25, 0.3) is 16.8 Å². The van der Waals surface area contributed by atoms with Crippen molar-refractivity contribution in [2.45, 2.75) is 13.3 Å². The number of alkyl halides is 3.